The van der Waals surface area contributed by atoms with Crippen LogP contribution in [0, 0.1) is 5.92 Å². The third kappa shape index (κ3) is 2.15. The maximum Gasteiger partial charge on any atom is 0.335 e. The van der Waals surface area contributed by atoms with Crippen molar-refractivity contribution in [3.8, 4) is 0 Å². The van der Waals surface area contributed by atoms with E-state index < -0.39 is 5.97 Å². The summed E-state index contributed by atoms with van der Waals surface area (Å²) < 4.78 is 12.5. The molecular weight excluding hydrogens is 209 g/mol. The maximum absolute atomic E-state index is 12.5. The van der Waals surface area contributed by atoms with E-state index in [0.717, 1.165) is 25.2 Å². The lowest BCUT2D eigenvalue weighted by Gasteiger charge is -2.18. The van der Waals surface area contributed by atoms with Gasteiger partial charge in [0.1, 0.15) is 0 Å². The number of hydrogen-bond acceptors (Lipinski definition) is 2. The summed E-state index contributed by atoms with van der Waals surface area (Å²) in [5, 5.41) is 8.76. The third-order valence-corrected chi connectivity index (χ3v) is 2.98. The van der Waals surface area contributed by atoms with Gasteiger partial charge in [0, 0.05) is 24.7 Å². The Morgan fingerprint density at radius 3 is 2.62 bits per heavy atom. The van der Waals surface area contributed by atoms with Crippen molar-refractivity contribution in [1.29, 1.82) is 0 Å². The lowest BCUT2D eigenvalue weighted by Crippen LogP contribution is -2.20. The Hall–Kier alpha value is -1.58. The van der Waals surface area contributed by atoms with Crippen molar-refractivity contribution in [3.05, 3.63) is 29.8 Å². The monoisotopic (exact) mass is 223 g/mol. The quantitative estimate of drug-likeness (QED) is 0.853. The van der Waals surface area contributed by atoms with Crippen LogP contribution in [0.1, 0.15) is 16.8 Å². The van der Waals surface area contributed by atoms with Gasteiger partial charge in [-0.1, -0.05) is 0 Å². The first kappa shape index (κ1) is 10.9. The van der Waals surface area contributed by atoms with Gasteiger partial charge in [0.05, 0.1) is 12.2 Å². The number of carboxylic acids is 1. The van der Waals surface area contributed by atoms with E-state index in [2.05, 4.69) is 4.90 Å². The Morgan fingerprint density at radius 2 is 2.12 bits per heavy atom. The number of carboxylic acid groups (broad SMARTS) is 1. The fourth-order valence-corrected chi connectivity index (χ4v) is 2.01. The second-order valence-corrected chi connectivity index (χ2v) is 4.11. The van der Waals surface area contributed by atoms with Crippen molar-refractivity contribution in [2.24, 2.45) is 5.92 Å². The predicted octanol–water partition coefficient (Wildman–Crippen LogP) is 2.18. The number of rotatable bonds is 3. The average Bonchev–Trinajstić information content (AvgIpc) is 2.77. The van der Waals surface area contributed by atoms with E-state index in [4.69, 9.17) is 5.11 Å². The van der Waals surface area contributed by atoms with Gasteiger partial charge in [-0.15, -0.1) is 0 Å². The van der Waals surface area contributed by atoms with Crippen LogP contribution in [0.5, 0.6) is 0 Å². The summed E-state index contributed by atoms with van der Waals surface area (Å²) >= 11 is 0. The van der Waals surface area contributed by atoms with Crippen molar-refractivity contribution >= 4 is 11.7 Å². The maximum atomic E-state index is 12.5. The molecule has 1 aromatic rings. The van der Waals surface area contributed by atoms with Crippen LogP contribution in [0.4, 0.5) is 10.1 Å². The number of benzene rings is 1. The Kier molecular flexibility index (Phi) is 3.08. The minimum Gasteiger partial charge on any atom is -0.478 e. The minimum absolute atomic E-state index is 0.124. The highest BCUT2D eigenvalue weighted by atomic mass is 19.1. The van der Waals surface area contributed by atoms with Crippen LogP contribution in [0.25, 0.3) is 0 Å². The highest BCUT2D eigenvalue weighted by Crippen LogP contribution is 2.24. The van der Waals surface area contributed by atoms with Gasteiger partial charge in [-0.25, -0.2) is 4.79 Å². The topological polar surface area (TPSA) is 40.5 Å². The van der Waals surface area contributed by atoms with Crippen LogP contribution in [-0.4, -0.2) is 30.8 Å². The van der Waals surface area contributed by atoms with Crippen LogP contribution >= 0.6 is 0 Å². The first-order valence-electron chi connectivity index (χ1n) is 5.35. The molecule has 0 radical (unpaired) electrons. The fraction of sp³-hybridized carbons (Fsp3) is 0.417. The van der Waals surface area contributed by atoms with Crippen molar-refractivity contribution in [2.45, 2.75) is 6.42 Å². The summed E-state index contributed by atoms with van der Waals surface area (Å²) in [6, 6.07) is 6.73. The second kappa shape index (κ2) is 4.51. The number of alkyl halides is 1. The number of aromatic carboxylic acids is 1. The lowest BCUT2D eigenvalue weighted by molar-refractivity contribution is 0.0697. The SMILES string of the molecule is O=C(O)c1ccc(N2CCC(CF)C2)cc1. The number of carbonyl (C=O) groups is 1. The molecule has 0 saturated carbocycles. The zero-order valence-electron chi connectivity index (χ0n) is 8.90. The normalized spacial score (nSPS) is 20.1. The van der Waals surface area contributed by atoms with E-state index >= 15 is 0 Å². The summed E-state index contributed by atoms with van der Waals surface area (Å²) in [4.78, 5) is 12.8. The Bertz CT molecular complexity index is 377. The second-order valence-electron chi connectivity index (χ2n) is 4.11. The van der Waals surface area contributed by atoms with Gasteiger partial charge < -0.3 is 10.0 Å². The van der Waals surface area contributed by atoms with Crippen LogP contribution in [0.2, 0.25) is 0 Å². The van der Waals surface area contributed by atoms with Crippen molar-refractivity contribution in [1.82, 2.24) is 0 Å². The number of hydrogen-bond donors (Lipinski definition) is 1. The molecule has 1 aliphatic heterocycles. The average molecular weight is 223 g/mol. The smallest absolute Gasteiger partial charge is 0.335 e. The molecule has 1 aliphatic rings. The molecule has 0 spiro atoms. The van der Waals surface area contributed by atoms with Gasteiger partial charge in [-0.3, -0.25) is 4.39 Å². The van der Waals surface area contributed by atoms with Gasteiger partial charge in [-0.2, -0.15) is 0 Å². The van der Waals surface area contributed by atoms with Crippen molar-refractivity contribution in [2.75, 3.05) is 24.7 Å². The van der Waals surface area contributed by atoms with Gasteiger partial charge in [0.25, 0.3) is 0 Å². The summed E-state index contributed by atoms with van der Waals surface area (Å²) in [6.45, 7) is 1.30. The Morgan fingerprint density at radius 1 is 1.44 bits per heavy atom. The van der Waals surface area contributed by atoms with Crippen LogP contribution in [0.3, 0.4) is 0 Å². The molecule has 4 heteroatoms. The fourth-order valence-electron chi connectivity index (χ4n) is 2.01. The summed E-state index contributed by atoms with van der Waals surface area (Å²) in [6.07, 6.45) is 0.872. The molecule has 1 fully saturated rings. The van der Waals surface area contributed by atoms with Crippen LogP contribution < -0.4 is 4.90 Å². The molecule has 1 atom stereocenters. The lowest BCUT2D eigenvalue weighted by atomic mass is 10.1. The molecule has 1 heterocycles. The van der Waals surface area contributed by atoms with Crippen LogP contribution in [-0.2, 0) is 0 Å². The van der Waals surface area contributed by atoms with Gasteiger partial charge >= 0.3 is 5.97 Å². The molecule has 1 unspecified atom stereocenters. The predicted molar refractivity (Wildman–Crippen MR) is 59.7 cm³/mol. The molecule has 3 nitrogen and oxygen atoms in total. The molecule has 0 bridgehead atoms. The highest BCUT2D eigenvalue weighted by molar-refractivity contribution is 5.88. The Balaban J connectivity index is 2.08. The standard InChI is InChI=1S/C12H14FNO2/c13-7-9-5-6-14(8-9)11-3-1-10(2-4-11)12(15)16/h1-4,9H,5-8H2,(H,15,16). The van der Waals surface area contributed by atoms with E-state index in [1.165, 1.54) is 0 Å². The zero-order valence-corrected chi connectivity index (χ0v) is 8.90. The first-order chi connectivity index (χ1) is 7.70. The zero-order chi connectivity index (χ0) is 11.5. The van der Waals surface area contributed by atoms with Gasteiger partial charge in [0.15, 0.2) is 0 Å². The highest BCUT2D eigenvalue weighted by Gasteiger charge is 2.22. The number of halogens is 1. The van der Waals surface area contributed by atoms with E-state index in [1.54, 1.807) is 24.3 Å². The van der Waals surface area contributed by atoms with Gasteiger partial charge in [-0.05, 0) is 30.7 Å². The van der Waals surface area contributed by atoms with E-state index in [9.17, 15) is 9.18 Å². The Labute approximate surface area is 93.5 Å². The molecule has 86 valence electrons. The molecule has 1 saturated heterocycles. The van der Waals surface area contributed by atoms with Crippen LogP contribution in [0.15, 0.2) is 24.3 Å². The van der Waals surface area contributed by atoms with E-state index in [1.807, 2.05) is 0 Å². The minimum atomic E-state index is -0.922. The van der Waals surface area contributed by atoms with Gasteiger partial charge in [0.2, 0.25) is 0 Å². The molecule has 1 N–H and O–H groups in total. The molecule has 0 amide bonds. The molecular formula is C12H14FNO2. The summed E-state index contributed by atoms with van der Waals surface area (Å²) in [7, 11) is 0. The molecule has 16 heavy (non-hydrogen) atoms. The largest absolute Gasteiger partial charge is 0.478 e. The first-order valence-corrected chi connectivity index (χ1v) is 5.35. The van der Waals surface area contributed by atoms with E-state index in [0.29, 0.717) is 0 Å². The van der Waals surface area contributed by atoms with Crippen molar-refractivity contribution in [3.63, 3.8) is 0 Å². The molecule has 2 rings (SSSR count). The summed E-state index contributed by atoms with van der Waals surface area (Å²) in [5.41, 5.74) is 1.26. The molecule has 0 aromatic heterocycles. The molecule has 0 aliphatic carbocycles. The van der Waals surface area contributed by atoms with E-state index in [-0.39, 0.29) is 18.2 Å². The molecule has 1 aromatic carbocycles. The summed E-state index contributed by atoms with van der Waals surface area (Å²) in [5.74, 6) is -0.797. The van der Waals surface area contributed by atoms with Crippen molar-refractivity contribution < 1.29 is 14.3 Å². The number of anilines is 1. The number of nitrogens with zero attached hydrogens (tertiary/aromatic N) is 1. The third-order valence-electron chi connectivity index (χ3n) is 2.98.